The highest BCUT2D eigenvalue weighted by atomic mass is 16.5. The third kappa shape index (κ3) is 4.81. The normalized spacial score (nSPS) is 14.1. The van der Waals surface area contributed by atoms with Crippen molar-refractivity contribution in [3.63, 3.8) is 0 Å². The summed E-state index contributed by atoms with van der Waals surface area (Å²) in [7, 11) is 0. The minimum absolute atomic E-state index is 0.232. The number of nitrogens with zero attached hydrogens (tertiary/aromatic N) is 3. The number of benzene rings is 3. The molecule has 1 aliphatic rings. The monoisotopic (exact) mass is 439 g/mol. The first-order valence-electron chi connectivity index (χ1n) is 11.0. The summed E-state index contributed by atoms with van der Waals surface area (Å²) in [5, 5.41) is 13.8. The van der Waals surface area contributed by atoms with E-state index >= 15 is 0 Å². The van der Waals surface area contributed by atoms with Gasteiger partial charge in [0.05, 0.1) is 17.3 Å². The largest absolute Gasteiger partial charge is 0.487 e. The van der Waals surface area contributed by atoms with Gasteiger partial charge in [-0.1, -0.05) is 60.7 Å². The SMILES string of the molecule is O=C(O)C1CN(Cc2ccc(OCc3cc(-c4ccccc4)n(-c4ccccc4)n3)cc2)C1. The molecular weight excluding hydrogens is 414 g/mol. The number of rotatable bonds is 8. The lowest BCUT2D eigenvalue weighted by Crippen LogP contribution is -2.49. The Balaban J connectivity index is 1.26. The van der Waals surface area contributed by atoms with Crippen molar-refractivity contribution in [1.82, 2.24) is 14.7 Å². The molecule has 2 heterocycles. The van der Waals surface area contributed by atoms with Crippen molar-refractivity contribution in [2.24, 2.45) is 5.92 Å². The number of aliphatic carboxylic acids is 1. The summed E-state index contributed by atoms with van der Waals surface area (Å²) >= 11 is 0. The highest BCUT2D eigenvalue weighted by Crippen LogP contribution is 2.25. The van der Waals surface area contributed by atoms with E-state index in [1.165, 1.54) is 0 Å². The summed E-state index contributed by atoms with van der Waals surface area (Å²) in [6, 6.07) is 30.3. The predicted octanol–water partition coefficient (Wildman–Crippen LogP) is 4.63. The van der Waals surface area contributed by atoms with Crippen LogP contribution >= 0.6 is 0 Å². The van der Waals surface area contributed by atoms with Crippen molar-refractivity contribution in [3.05, 3.63) is 102 Å². The van der Waals surface area contributed by atoms with E-state index in [-0.39, 0.29) is 5.92 Å². The highest BCUT2D eigenvalue weighted by molar-refractivity contribution is 5.71. The van der Waals surface area contributed by atoms with Gasteiger partial charge in [-0.2, -0.15) is 5.10 Å². The quantitative estimate of drug-likeness (QED) is 0.433. The Kier molecular flexibility index (Phi) is 5.91. The van der Waals surface area contributed by atoms with Gasteiger partial charge in [0.15, 0.2) is 0 Å². The van der Waals surface area contributed by atoms with Crippen molar-refractivity contribution in [2.75, 3.05) is 13.1 Å². The third-order valence-electron chi connectivity index (χ3n) is 5.85. The maximum Gasteiger partial charge on any atom is 0.309 e. The highest BCUT2D eigenvalue weighted by Gasteiger charge is 2.32. The van der Waals surface area contributed by atoms with Crippen LogP contribution in [-0.4, -0.2) is 38.8 Å². The predicted molar refractivity (Wildman–Crippen MR) is 126 cm³/mol. The molecule has 3 aromatic carbocycles. The Morgan fingerprint density at radius 3 is 2.27 bits per heavy atom. The number of aromatic nitrogens is 2. The van der Waals surface area contributed by atoms with Crippen molar-refractivity contribution in [3.8, 4) is 22.7 Å². The number of para-hydroxylation sites is 1. The number of carboxylic acids is 1. The first-order chi connectivity index (χ1) is 16.2. The second-order valence-corrected chi connectivity index (χ2v) is 8.30. The number of hydrogen-bond donors (Lipinski definition) is 1. The van der Waals surface area contributed by atoms with E-state index in [9.17, 15) is 4.79 Å². The topological polar surface area (TPSA) is 67.6 Å². The van der Waals surface area contributed by atoms with E-state index in [4.69, 9.17) is 14.9 Å². The van der Waals surface area contributed by atoms with Crippen LogP contribution in [-0.2, 0) is 17.9 Å². The Labute approximate surface area is 192 Å². The second kappa shape index (κ2) is 9.30. The van der Waals surface area contributed by atoms with Gasteiger partial charge in [0.1, 0.15) is 18.1 Å². The fourth-order valence-corrected chi connectivity index (χ4v) is 4.04. The summed E-state index contributed by atoms with van der Waals surface area (Å²) in [5.74, 6) is -0.162. The molecule has 5 rings (SSSR count). The number of ether oxygens (including phenoxy) is 1. The van der Waals surface area contributed by atoms with Crippen molar-refractivity contribution in [1.29, 1.82) is 0 Å². The van der Waals surface area contributed by atoms with Crippen LogP contribution in [0.5, 0.6) is 5.75 Å². The van der Waals surface area contributed by atoms with Gasteiger partial charge in [0, 0.05) is 25.2 Å². The molecule has 166 valence electrons. The summed E-state index contributed by atoms with van der Waals surface area (Å²) in [6.45, 7) is 2.35. The van der Waals surface area contributed by atoms with Crippen LogP contribution in [0.1, 0.15) is 11.3 Å². The number of carbonyl (C=O) groups is 1. The van der Waals surface area contributed by atoms with Gasteiger partial charge >= 0.3 is 5.97 Å². The van der Waals surface area contributed by atoms with Crippen LogP contribution in [0.3, 0.4) is 0 Å². The lowest BCUT2D eigenvalue weighted by atomic mass is 10.00. The second-order valence-electron chi connectivity index (χ2n) is 8.30. The fourth-order valence-electron chi connectivity index (χ4n) is 4.04. The zero-order chi connectivity index (χ0) is 22.6. The van der Waals surface area contributed by atoms with Crippen molar-refractivity contribution >= 4 is 5.97 Å². The molecule has 4 aromatic rings. The molecule has 1 fully saturated rings. The first kappa shape index (κ1) is 21.0. The zero-order valence-electron chi connectivity index (χ0n) is 18.2. The molecule has 6 heteroatoms. The number of hydrogen-bond acceptors (Lipinski definition) is 4. The minimum atomic E-state index is -0.708. The third-order valence-corrected chi connectivity index (χ3v) is 5.85. The average Bonchev–Trinajstić information content (AvgIpc) is 3.26. The van der Waals surface area contributed by atoms with Gasteiger partial charge in [-0.15, -0.1) is 0 Å². The maximum atomic E-state index is 10.9. The molecule has 0 radical (unpaired) electrons. The van der Waals surface area contributed by atoms with Gasteiger partial charge in [-0.25, -0.2) is 4.68 Å². The van der Waals surface area contributed by atoms with Crippen molar-refractivity contribution < 1.29 is 14.6 Å². The van der Waals surface area contributed by atoms with Crippen LogP contribution in [0.25, 0.3) is 16.9 Å². The molecule has 0 unspecified atom stereocenters. The Hall–Kier alpha value is -3.90. The number of carboxylic acid groups (broad SMARTS) is 1. The standard InChI is InChI=1S/C27H25N3O3/c31-27(32)22-17-29(18-22)16-20-11-13-25(14-12-20)33-19-23-15-26(21-7-3-1-4-8-21)30(28-23)24-9-5-2-6-10-24/h1-15,22H,16-19H2,(H,31,32). The Morgan fingerprint density at radius 1 is 0.939 bits per heavy atom. The molecule has 0 saturated carbocycles. The molecule has 33 heavy (non-hydrogen) atoms. The van der Waals surface area contributed by atoms with E-state index in [1.54, 1.807) is 0 Å². The van der Waals surface area contributed by atoms with Gasteiger partial charge in [0.2, 0.25) is 0 Å². The van der Waals surface area contributed by atoms with E-state index in [1.807, 2.05) is 77.5 Å². The average molecular weight is 440 g/mol. The van der Waals surface area contributed by atoms with Gasteiger partial charge in [-0.3, -0.25) is 9.69 Å². The molecule has 6 nitrogen and oxygen atoms in total. The molecule has 0 atom stereocenters. The van der Waals surface area contributed by atoms with Crippen LogP contribution in [0.4, 0.5) is 0 Å². The van der Waals surface area contributed by atoms with E-state index in [2.05, 4.69) is 23.1 Å². The maximum absolute atomic E-state index is 10.9. The molecule has 0 spiro atoms. The van der Waals surface area contributed by atoms with E-state index < -0.39 is 5.97 Å². The lowest BCUT2D eigenvalue weighted by molar-refractivity contribution is -0.147. The molecule has 0 bridgehead atoms. The summed E-state index contributed by atoms with van der Waals surface area (Å²) in [4.78, 5) is 13.1. The van der Waals surface area contributed by atoms with Gasteiger partial charge in [-0.05, 0) is 35.9 Å². The van der Waals surface area contributed by atoms with Crippen LogP contribution in [0.2, 0.25) is 0 Å². The summed E-state index contributed by atoms with van der Waals surface area (Å²) < 4.78 is 7.97. The molecule has 1 aromatic heterocycles. The molecule has 1 saturated heterocycles. The van der Waals surface area contributed by atoms with Gasteiger partial charge < -0.3 is 9.84 Å². The smallest absolute Gasteiger partial charge is 0.309 e. The molecule has 0 amide bonds. The fraction of sp³-hybridized carbons (Fsp3) is 0.185. The van der Waals surface area contributed by atoms with E-state index in [0.717, 1.165) is 40.5 Å². The number of likely N-dealkylation sites (tertiary alicyclic amines) is 1. The van der Waals surface area contributed by atoms with Gasteiger partial charge in [0.25, 0.3) is 0 Å². The molecule has 1 N–H and O–H groups in total. The zero-order valence-corrected chi connectivity index (χ0v) is 18.2. The summed E-state index contributed by atoms with van der Waals surface area (Å²) in [5.41, 5.74) is 5.11. The van der Waals surface area contributed by atoms with Crippen LogP contribution in [0.15, 0.2) is 91.0 Å². The van der Waals surface area contributed by atoms with E-state index in [0.29, 0.717) is 19.7 Å². The van der Waals surface area contributed by atoms with Crippen molar-refractivity contribution in [2.45, 2.75) is 13.2 Å². The Bertz CT molecular complexity index is 1160. The lowest BCUT2D eigenvalue weighted by Gasteiger charge is -2.36. The minimum Gasteiger partial charge on any atom is -0.487 e. The molecule has 1 aliphatic heterocycles. The first-order valence-corrected chi connectivity index (χ1v) is 11.0. The van der Waals surface area contributed by atoms with Crippen LogP contribution in [0, 0.1) is 5.92 Å². The molecular formula is C27H25N3O3. The Morgan fingerprint density at radius 2 is 1.61 bits per heavy atom. The van der Waals surface area contributed by atoms with Crippen LogP contribution < -0.4 is 4.74 Å². The molecule has 0 aliphatic carbocycles. The summed E-state index contributed by atoms with van der Waals surface area (Å²) in [6.07, 6.45) is 0.